The molecule has 0 bridgehead atoms. The second-order valence-electron chi connectivity index (χ2n) is 8.76. The van der Waals surface area contributed by atoms with Gasteiger partial charge >= 0.3 is 0 Å². The summed E-state index contributed by atoms with van der Waals surface area (Å²) in [5.41, 5.74) is 6.64. The molecule has 0 saturated carbocycles. The number of nitrogens with zero attached hydrogens (tertiary/aromatic N) is 1. The molecule has 0 aromatic heterocycles. The number of hydrogen-bond acceptors (Lipinski definition) is 2. The molecule has 0 heterocycles. The molecular weight excluding hydrogens is 328 g/mol. The van der Waals surface area contributed by atoms with Crippen molar-refractivity contribution in [2.75, 3.05) is 5.32 Å². The Bertz CT molecular complexity index is 695. The highest BCUT2D eigenvalue weighted by atomic mass is 15.2. The van der Waals surface area contributed by atoms with Gasteiger partial charge in [-0.15, -0.1) is 0 Å². The monoisotopic (exact) mass is 366 g/mol. The zero-order valence-corrected chi connectivity index (χ0v) is 18.5. The number of para-hydroxylation sites is 2. The second-order valence-corrected chi connectivity index (χ2v) is 8.76. The molecule has 0 saturated heterocycles. The van der Waals surface area contributed by atoms with E-state index in [2.05, 4.69) is 108 Å². The average molecular weight is 367 g/mol. The first-order chi connectivity index (χ1) is 12.7. The van der Waals surface area contributed by atoms with Crippen molar-refractivity contribution in [3.63, 3.8) is 0 Å². The third kappa shape index (κ3) is 5.35. The molecule has 27 heavy (non-hydrogen) atoms. The van der Waals surface area contributed by atoms with Gasteiger partial charge in [0.25, 0.3) is 0 Å². The van der Waals surface area contributed by atoms with Crippen LogP contribution in [-0.2, 0) is 6.54 Å². The van der Waals surface area contributed by atoms with E-state index in [0.717, 1.165) is 6.54 Å². The summed E-state index contributed by atoms with van der Waals surface area (Å²) in [6.07, 6.45) is 0. The van der Waals surface area contributed by atoms with E-state index < -0.39 is 0 Å². The Morgan fingerprint density at radius 1 is 0.704 bits per heavy atom. The Kier molecular flexibility index (Phi) is 7.49. The molecule has 0 atom stereocenters. The summed E-state index contributed by atoms with van der Waals surface area (Å²) in [4.78, 5) is 2.54. The van der Waals surface area contributed by atoms with E-state index >= 15 is 0 Å². The van der Waals surface area contributed by atoms with E-state index in [1.54, 1.807) is 0 Å². The lowest BCUT2D eigenvalue weighted by molar-refractivity contribution is 0.166. The Morgan fingerprint density at radius 2 is 1.22 bits per heavy atom. The lowest BCUT2D eigenvalue weighted by atomic mass is 9.92. The minimum atomic E-state index is 0.487. The number of hydrogen-bond donors (Lipinski definition) is 1. The van der Waals surface area contributed by atoms with Crippen molar-refractivity contribution in [2.24, 2.45) is 0 Å². The highest BCUT2D eigenvalue weighted by molar-refractivity contribution is 5.70. The van der Waals surface area contributed by atoms with Gasteiger partial charge < -0.3 is 5.32 Å². The summed E-state index contributed by atoms with van der Waals surface area (Å²) in [6.45, 7) is 19.2. The van der Waals surface area contributed by atoms with E-state index in [1.807, 2.05) is 0 Å². The quantitative estimate of drug-likeness (QED) is 0.527. The molecule has 0 radical (unpaired) electrons. The van der Waals surface area contributed by atoms with E-state index in [4.69, 9.17) is 0 Å². The molecule has 2 aromatic carbocycles. The van der Waals surface area contributed by atoms with Crippen LogP contribution in [0.5, 0.6) is 0 Å². The maximum Gasteiger partial charge on any atom is 0.0454 e. The fourth-order valence-electron chi connectivity index (χ4n) is 3.77. The first-order valence-corrected chi connectivity index (χ1v) is 10.5. The van der Waals surface area contributed by atoms with Crippen LogP contribution >= 0.6 is 0 Å². The molecule has 1 N–H and O–H groups in total. The first-order valence-electron chi connectivity index (χ1n) is 10.5. The van der Waals surface area contributed by atoms with Gasteiger partial charge in [-0.05, 0) is 62.3 Å². The van der Waals surface area contributed by atoms with Crippen LogP contribution in [0.3, 0.4) is 0 Å². The number of anilines is 2. The molecule has 148 valence electrons. The van der Waals surface area contributed by atoms with E-state index in [1.165, 1.54) is 28.1 Å². The van der Waals surface area contributed by atoms with Crippen LogP contribution in [0.1, 0.15) is 83.9 Å². The van der Waals surface area contributed by atoms with E-state index in [-0.39, 0.29) is 0 Å². The standard InChI is InChI=1S/C25H38N2/c1-17(2)22-13-11-14-23(18(3)4)25(22)26-24-15-10-9-12-21(24)16-27(19(5)6)20(7)8/h9-15,17-20,26H,16H2,1-8H3. The molecule has 2 rings (SSSR count). The maximum atomic E-state index is 3.83. The summed E-state index contributed by atoms with van der Waals surface area (Å²) in [6, 6.07) is 16.5. The third-order valence-electron chi connectivity index (χ3n) is 5.33. The molecule has 0 unspecified atom stereocenters. The Hall–Kier alpha value is -1.80. The van der Waals surface area contributed by atoms with Crippen molar-refractivity contribution >= 4 is 11.4 Å². The van der Waals surface area contributed by atoms with Crippen molar-refractivity contribution in [3.8, 4) is 0 Å². The predicted molar refractivity (Wildman–Crippen MR) is 120 cm³/mol. The molecule has 0 aliphatic rings. The van der Waals surface area contributed by atoms with Crippen molar-refractivity contribution < 1.29 is 0 Å². The van der Waals surface area contributed by atoms with Crippen molar-refractivity contribution in [2.45, 2.75) is 85.9 Å². The van der Waals surface area contributed by atoms with Crippen molar-refractivity contribution in [3.05, 3.63) is 59.2 Å². The van der Waals surface area contributed by atoms with Crippen LogP contribution in [0.2, 0.25) is 0 Å². The van der Waals surface area contributed by atoms with Crippen LogP contribution in [-0.4, -0.2) is 17.0 Å². The molecule has 0 aliphatic carbocycles. The topological polar surface area (TPSA) is 15.3 Å². The number of benzene rings is 2. The van der Waals surface area contributed by atoms with Gasteiger partial charge in [0, 0.05) is 30.0 Å². The molecule has 0 spiro atoms. The molecule has 0 amide bonds. The van der Waals surface area contributed by atoms with Crippen molar-refractivity contribution in [1.82, 2.24) is 4.90 Å². The summed E-state index contributed by atoms with van der Waals surface area (Å²) < 4.78 is 0. The lowest BCUT2D eigenvalue weighted by Gasteiger charge is -2.31. The lowest BCUT2D eigenvalue weighted by Crippen LogP contribution is -2.36. The average Bonchev–Trinajstić information content (AvgIpc) is 2.60. The van der Waals surface area contributed by atoms with Gasteiger partial charge in [-0.3, -0.25) is 4.90 Å². The SMILES string of the molecule is CC(C)c1cccc(C(C)C)c1Nc1ccccc1CN(C(C)C)C(C)C. The minimum absolute atomic E-state index is 0.487. The van der Waals surface area contributed by atoms with Crippen LogP contribution in [0.15, 0.2) is 42.5 Å². The van der Waals surface area contributed by atoms with Gasteiger partial charge in [-0.1, -0.05) is 64.1 Å². The molecule has 2 heteroatoms. The Morgan fingerprint density at radius 3 is 1.70 bits per heavy atom. The minimum Gasteiger partial charge on any atom is -0.355 e. The zero-order valence-electron chi connectivity index (χ0n) is 18.5. The molecule has 2 nitrogen and oxygen atoms in total. The van der Waals surface area contributed by atoms with Gasteiger partial charge in [0.2, 0.25) is 0 Å². The summed E-state index contributed by atoms with van der Waals surface area (Å²) in [5.74, 6) is 0.974. The molecule has 0 aliphatic heterocycles. The van der Waals surface area contributed by atoms with Gasteiger partial charge in [0.15, 0.2) is 0 Å². The second kappa shape index (κ2) is 9.41. The fourth-order valence-corrected chi connectivity index (χ4v) is 3.77. The molecule has 2 aromatic rings. The van der Waals surface area contributed by atoms with Crippen LogP contribution in [0.25, 0.3) is 0 Å². The summed E-state index contributed by atoms with van der Waals surface area (Å²) in [7, 11) is 0. The van der Waals surface area contributed by atoms with Crippen molar-refractivity contribution in [1.29, 1.82) is 0 Å². The van der Waals surface area contributed by atoms with Gasteiger partial charge in [0.1, 0.15) is 0 Å². The van der Waals surface area contributed by atoms with E-state index in [0.29, 0.717) is 23.9 Å². The predicted octanol–water partition coefficient (Wildman–Crippen LogP) is 7.30. The highest BCUT2D eigenvalue weighted by Gasteiger charge is 2.18. The highest BCUT2D eigenvalue weighted by Crippen LogP contribution is 2.35. The number of rotatable bonds is 8. The first kappa shape index (κ1) is 21.5. The zero-order chi connectivity index (χ0) is 20.1. The maximum absolute atomic E-state index is 3.83. The normalized spacial score (nSPS) is 12.0. The van der Waals surface area contributed by atoms with Crippen LogP contribution < -0.4 is 5.32 Å². The van der Waals surface area contributed by atoms with Gasteiger partial charge in [0.05, 0.1) is 0 Å². The molecular formula is C25H38N2. The van der Waals surface area contributed by atoms with Gasteiger partial charge in [-0.2, -0.15) is 0 Å². The van der Waals surface area contributed by atoms with Gasteiger partial charge in [-0.25, -0.2) is 0 Å². The Balaban J connectivity index is 2.45. The number of nitrogens with one attached hydrogen (secondary N) is 1. The molecule has 0 fully saturated rings. The summed E-state index contributed by atoms with van der Waals surface area (Å²) >= 11 is 0. The fraction of sp³-hybridized carbons (Fsp3) is 0.520. The smallest absolute Gasteiger partial charge is 0.0454 e. The third-order valence-corrected chi connectivity index (χ3v) is 5.33. The van der Waals surface area contributed by atoms with Crippen LogP contribution in [0, 0.1) is 0 Å². The van der Waals surface area contributed by atoms with Crippen LogP contribution in [0.4, 0.5) is 11.4 Å². The van der Waals surface area contributed by atoms with E-state index in [9.17, 15) is 0 Å². The Labute approximate surface area is 167 Å². The summed E-state index contributed by atoms with van der Waals surface area (Å²) in [5, 5.41) is 3.83. The largest absolute Gasteiger partial charge is 0.355 e.